The van der Waals surface area contributed by atoms with Crippen molar-refractivity contribution in [2.75, 3.05) is 11.6 Å². The van der Waals surface area contributed by atoms with Gasteiger partial charge >= 0.3 is 0 Å². The summed E-state index contributed by atoms with van der Waals surface area (Å²) in [5.74, 6) is -0.443. The van der Waals surface area contributed by atoms with Gasteiger partial charge in [0.05, 0.1) is 22.5 Å². The summed E-state index contributed by atoms with van der Waals surface area (Å²) in [4.78, 5) is 19.8. The third-order valence-electron chi connectivity index (χ3n) is 2.61. The molecule has 0 unspecified atom stereocenters. The van der Waals surface area contributed by atoms with Crippen LogP contribution in [0.1, 0.15) is 16.1 Å². The van der Waals surface area contributed by atoms with Crippen LogP contribution in [0.3, 0.4) is 0 Å². The van der Waals surface area contributed by atoms with E-state index in [2.05, 4.69) is 15.3 Å². The van der Waals surface area contributed by atoms with E-state index in [1.54, 1.807) is 13.0 Å². The standard InChI is InChI=1S/C13H12ClN3O3S/c1-8-5-11(14)10(7-15-8)13(18)17-9-3-4-12(16-6-9)21(2,19)20/h3-7H,1-2H3,(H,17,18). The molecule has 21 heavy (non-hydrogen) atoms. The molecule has 6 nitrogen and oxygen atoms in total. The Kier molecular flexibility index (Phi) is 4.24. The number of hydrogen-bond donors (Lipinski definition) is 1. The van der Waals surface area contributed by atoms with Crippen molar-refractivity contribution in [2.45, 2.75) is 11.9 Å². The minimum atomic E-state index is -3.37. The van der Waals surface area contributed by atoms with Crippen molar-refractivity contribution in [3.05, 3.63) is 46.9 Å². The normalized spacial score (nSPS) is 11.2. The highest BCUT2D eigenvalue weighted by Gasteiger charge is 2.13. The van der Waals surface area contributed by atoms with E-state index in [0.717, 1.165) is 6.26 Å². The first kappa shape index (κ1) is 15.4. The quantitative estimate of drug-likeness (QED) is 0.933. The van der Waals surface area contributed by atoms with Crippen LogP contribution < -0.4 is 5.32 Å². The van der Waals surface area contributed by atoms with E-state index in [1.807, 2.05) is 0 Å². The summed E-state index contributed by atoms with van der Waals surface area (Å²) in [6.07, 6.45) is 3.71. The first-order valence-electron chi connectivity index (χ1n) is 5.87. The van der Waals surface area contributed by atoms with Crippen molar-refractivity contribution >= 4 is 33.0 Å². The fourth-order valence-electron chi connectivity index (χ4n) is 1.57. The number of carbonyl (C=O) groups excluding carboxylic acids is 1. The van der Waals surface area contributed by atoms with Gasteiger partial charge in [-0.15, -0.1) is 0 Å². The first-order valence-corrected chi connectivity index (χ1v) is 8.14. The van der Waals surface area contributed by atoms with E-state index >= 15 is 0 Å². The third kappa shape index (κ3) is 3.77. The van der Waals surface area contributed by atoms with Crippen LogP contribution in [0.2, 0.25) is 5.02 Å². The van der Waals surface area contributed by atoms with Gasteiger partial charge in [-0.2, -0.15) is 0 Å². The Labute approximate surface area is 127 Å². The molecule has 0 saturated carbocycles. The maximum atomic E-state index is 12.0. The van der Waals surface area contributed by atoms with Crippen molar-refractivity contribution in [2.24, 2.45) is 0 Å². The van der Waals surface area contributed by atoms with Crippen LogP contribution in [-0.4, -0.2) is 30.5 Å². The Morgan fingerprint density at radius 3 is 2.48 bits per heavy atom. The lowest BCUT2D eigenvalue weighted by atomic mass is 10.2. The summed E-state index contributed by atoms with van der Waals surface area (Å²) in [5.41, 5.74) is 1.30. The number of hydrogen-bond acceptors (Lipinski definition) is 5. The van der Waals surface area contributed by atoms with Gasteiger partial charge in [0.25, 0.3) is 5.91 Å². The van der Waals surface area contributed by atoms with Crippen molar-refractivity contribution in [1.82, 2.24) is 9.97 Å². The van der Waals surface area contributed by atoms with E-state index in [0.29, 0.717) is 16.4 Å². The van der Waals surface area contributed by atoms with Crippen LogP contribution in [0.5, 0.6) is 0 Å². The molecular formula is C13H12ClN3O3S. The smallest absolute Gasteiger partial charge is 0.258 e. The summed E-state index contributed by atoms with van der Waals surface area (Å²) < 4.78 is 22.6. The second-order valence-electron chi connectivity index (χ2n) is 4.42. The van der Waals surface area contributed by atoms with Crippen molar-refractivity contribution in [3.63, 3.8) is 0 Å². The van der Waals surface area contributed by atoms with Crippen LogP contribution in [0.15, 0.2) is 35.6 Å². The number of sulfone groups is 1. The van der Waals surface area contributed by atoms with E-state index < -0.39 is 15.7 Å². The number of nitrogens with zero attached hydrogens (tertiary/aromatic N) is 2. The molecule has 0 aliphatic rings. The molecule has 0 aliphatic carbocycles. The van der Waals surface area contributed by atoms with Crippen molar-refractivity contribution in [3.8, 4) is 0 Å². The average molecular weight is 326 g/mol. The summed E-state index contributed by atoms with van der Waals surface area (Å²) in [6, 6.07) is 4.36. The number of halogens is 1. The van der Waals surface area contributed by atoms with E-state index in [4.69, 9.17) is 11.6 Å². The lowest BCUT2D eigenvalue weighted by Gasteiger charge is -2.07. The largest absolute Gasteiger partial charge is 0.320 e. The number of aryl methyl sites for hydroxylation is 1. The number of carbonyl (C=O) groups is 1. The highest BCUT2D eigenvalue weighted by molar-refractivity contribution is 7.90. The molecule has 2 aromatic rings. The van der Waals surface area contributed by atoms with Crippen LogP contribution in [0.4, 0.5) is 5.69 Å². The third-order valence-corrected chi connectivity index (χ3v) is 3.92. The van der Waals surface area contributed by atoms with Gasteiger partial charge in [0, 0.05) is 18.1 Å². The summed E-state index contributed by atoms with van der Waals surface area (Å²) >= 11 is 5.98. The predicted molar refractivity (Wildman–Crippen MR) is 79.3 cm³/mol. The Balaban J connectivity index is 2.20. The highest BCUT2D eigenvalue weighted by Crippen LogP contribution is 2.18. The molecule has 0 radical (unpaired) electrons. The lowest BCUT2D eigenvalue weighted by Crippen LogP contribution is -2.13. The highest BCUT2D eigenvalue weighted by atomic mass is 35.5. The number of pyridine rings is 2. The molecule has 0 aromatic carbocycles. The first-order chi connectivity index (χ1) is 9.77. The molecule has 8 heteroatoms. The predicted octanol–water partition coefficient (Wildman–Crippen LogP) is 2.09. The topological polar surface area (TPSA) is 89.0 Å². The second-order valence-corrected chi connectivity index (χ2v) is 6.79. The van der Waals surface area contributed by atoms with Gasteiger partial charge in [-0.05, 0) is 25.1 Å². The van der Waals surface area contributed by atoms with E-state index in [-0.39, 0.29) is 10.6 Å². The molecule has 2 heterocycles. The van der Waals surface area contributed by atoms with Gasteiger partial charge in [0.1, 0.15) is 0 Å². The SMILES string of the molecule is Cc1cc(Cl)c(C(=O)Nc2ccc(S(C)(=O)=O)nc2)cn1. The van der Waals surface area contributed by atoms with E-state index in [9.17, 15) is 13.2 Å². The monoisotopic (exact) mass is 325 g/mol. The molecule has 2 aromatic heterocycles. The van der Waals surface area contributed by atoms with Gasteiger partial charge in [0.2, 0.25) is 0 Å². The molecule has 0 saturated heterocycles. The Morgan fingerprint density at radius 1 is 1.24 bits per heavy atom. The zero-order valence-electron chi connectivity index (χ0n) is 11.3. The van der Waals surface area contributed by atoms with Crippen molar-refractivity contribution in [1.29, 1.82) is 0 Å². The number of rotatable bonds is 3. The lowest BCUT2D eigenvalue weighted by molar-refractivity contribution is 0.102. The zero-order valence-corrected chi connectivity index (χ0v) is 12.9. The Hall–Kier alpha value is -1.99. The molecular weight excluding hydrogens is 314 g/mol. The van der Waals surface area contributed by atoms with Gasteiger partial charge < -0.3 is 5.32 Å². The van der Waals surface area contributed by atoms with E-state index in [1.165, 1.54) is 24.5 Å². The van der Waals surface area contributed by atoms with Gasteiger partial charge in [-0.3, -0.25) is 9.78 Å². The van der Waals surface area contributed by atoms with Gasteiger partial charge in [-0.1, -0.05) is 11.6 Å². The van der Waals surface area contributed by atoms with Gasteiger partial charge in [0.15, 0.2) is 14.9 Å². The molecule has 2 rings (SSSR count). The fraction of sp³-hybridized carbons (Fsp3) is 0.154. The fourth-order valence-corrected chi connectivity index (χ4v) is 2.42. The minimum absolute atomic E-state index is 0.0597. The Morgan fingerprint density at radius 2 is 1.95 bits per heavy atom. The summed E-state index contributed by atoms with van der Waals surface area (Å²) in [5, 5.41) is 2.81. The molecule has 1 amide bonds. The summed E-state index contributed by atoms with van der Waals surface area (Å²) in [7, 11) is -3.37. The molecule has 0 aliphatic heterocycles. The minimum Gasteiger partial charge on any atom is -0.320 e. The zero-order chi connectivity index (χ0) is 15.6. The second kappa shape index (κ2) is 5.79. The molecule has 0 atom stereocenters. The Bertz CT molecular complexity index is 789. The maximum absolute atomic E-state index is 12.0. The molecule has 1 N–H and O–H groups in total. The number of anilines is 1. The molecule has 0 bridgehead atoms. The van der Waals surface area contributed by atoms with Crippen molar-refractivity contribution < 1.29 is 13.2 Å². The molecule has 110 valence electrons. The molecule has 0 fully saturated rings. The van der Waals surface area contributed by atoms with Crippen LogP contribution in [0.25, 0.3) is 0 Å². The van der Waals surface area contributed by atoms with Gasteiger partial charge in [-0.25, -0.2) is 13.4 Å². The number of aromatic nitrogens is 2. The number of nitrogens with one attached hydrogen (secondary N) is 1. The van der Waals surface area contributed by atoms with Crippen LogP contribution in [-0.2, 0) is 9.84 Å². The molecule has 0 spiro atoms. The maximum Gasteiger partial charge on any atom is 0.258 e. The number of amides is 1. The van der Waals surface area contributed by atoms with Crippen LogP contribution >= 0.6 is 11.6 Å². The summed E-state index contributed by atoms with van der Waals surface area (Å²) in [6.45, 7) is 1.77. The van der Waals surface area contributed by atoms with Crippen LogP contribution in [0, 0.1) is 6.92 Å². The average Bonchev–Trinajstić information content (AvgIpc) is 2.38.